The minimum absolute atomic E-state index is 0.105. The second kappa shape index (κ2) is 3.78. The van der Waals surface area contributed by atoms with Gasteiger partial charge in [-0.05, 0) is 17.7 Å². The van der Waals surface area contributed by atoms with Crippen LogP contribution in [-0.2, 0) is 14.9 Å². The normalized spacial score (nSPS) is 23.0. The van der Waals surface area contributed by atoms with Gasteiger partial charge in [-0.3, -0.25) is 4.79 Å². The highest BCUT2D eigenvalue weighted by atomic mass is 16.7. The molecule has 98 valence electrons. The number of hydrogen-bond donors (Lipinski definition) is 0. The number of rotatable bonds is 1. The van der Waals surface area contributed by atoms with Crippen molar-refractivity contribution in [2.75, 3.05) is 7.11 Å². The van der Waals surface area contributed by atoms with Crippen molar-refractivity contribution in [3.05, 3.63) is 46.5 Å². The highest BCUT2D eigenvalue weighted by Crippen LogP contribution is 2.41. The number of fused-ring (bicyclic) bond motifs is 3. The lowest BCUT2D eigenvalue weighted by atomic mass is 9.74. The second-order valence-corrected chi connectivity index (χ2v) is 5.34. The molecule has 0 saturated carbocycles. The molecule has 0 spiro atoms. The number of benzene rings is 1. The Balaban J connectivity index is 2.33. The van der Waals surface area contributed by atoms with Crippen molar-refractivity contribution in [2.45, 2.75) is 25.6 Å². The summed E-state index contributed by atoms with van der Waals surface area (Å²) in [7, 11) is 1.46. The topological polar surface area (TPSA) is 52.6 Å². The first-order valence-corrected chi connectivity index (χ1v) is 6.10. The summed E-state index contributed by atoms with van der Waals surface area (Å²) >= 11 is 0. The molecule has 0 radical (unpaired) electrons. The molecule has 0 aromatic heterocycles. The van der Waals surface area contributed by atoms with E-state index in [1.807, 2.05) is 26.0 Å². The molecule has 1 aliphatic heterocycles. The van der Waals surface area contributed by atoms with Gasteiger partial charge in [0.05, 0.1) is 5.56 Å². The van der Waals surface area contributed by atoms with Crippen LogP contribution in [0.3, 0.4) is 0 Å². The molecular weight excluding hydrogens is 244 g/mol. The first-order chi connectivity index (χ1) is 8.95. The summed E-state index contributed by atoms with van der Waals surface area (Å²) in [6, 6.07) is 3.54. The molecule has 3 rings (SSSR count). The molecular formula is C15H14O4. The lowest BCUT2D eigenvalue weighted by Crippen LogP contribution is -2.24. The summed E-state index contributed by atoms with van der Waals surface area (Å²) in [4.78, 5) is 23.9. The van der Waals surface area contributed by atoms with Crippen LogP contribution in [0, 0.1) is 0 Å². The van der Waals surface area contributed by atoms with Gasteiger partial charge in [0.1, 0.15) is 0 Å². The summed E-state index contributed by atoms with van der Waals surface area (Å²) in [5, 5.41) is 0. The first kappa shape index (κ1) is 12.1. The van der Waals surface area contributed by atoms with Gasteiger partial charge in [-0.25, -0.2) is 4.79 Å². The lowest BCUT2D eigenvalue weighted by Gasteiger charge is -2.28. The molecule has 1 heterocycles. The predicted octanol–water partition coefficient (Wildman–Crippen LogP) is 2.53. The molecule has 1 aliphatic carbocycles. The van der Waals surface area contributed by atoms with Crippen LogP contribution in [0.1, 0.15) is 52.0 Å². The van der Waals surface area contributed by atoms with Crippen molar-refractivity contribution in [1.29, 1.82) is 0 Å². The summed E-state index contributed by atoms with van der Waals surface area (Å²) < 4.78 is 10.3. The molecule has 1 aromatic rings. The fourth-order valence-electron chi connectivity index (χ4n) is 2.69. The Morgan fingerprint density at radius 3 is 2.68 bits per heavy atom. The van der Waals surface area contributed by atoms with Crippen molar-refractivity contribution < 1.29 is 19.1 Å². The van der Waals surface area contributed by atoms with Gasteiger partial charge in [-0.2, -0.15) is 0 Å². The Labute approximate surface area is 111 Å². The minimum Gasteiger partial charge on any atom is -0.428 e. The number of carbonyl (C=O) groups is 2. The summed E-state index contributed by atoms with van der Waals surface area (Å²) in [5.74, 6) is -0.545. The van der Waals surface area contributed by atoms with E-state index in [1.54, 1.807) is 12.1 Å². The van der Waals surface area contributed by atoms with Crippen LogP contribution in [0.25, 0.3) is 0 Å². The third-order valence-corrected chi connectivity index (χ3v) is 3.72. The number of allylic oxidation sites excluding steroid dienone is 2. The summed E-state index contributed by atoms with van der Waals surface area (Å²) in [6.45, 7) is 4.06. The van der Waals surface area contributed by atoms with E-state index in [0.29, 0.717) is 16.7 Å². The van der Waals surface area contributed by atoms with Crippen LogP contribution in [0.5, 0.6) is 0 Å². The molecule has 4 nitrogen and oxygen atoms in total. The predicted molar refractivity (Wildman–Crippen MR) is 68.1 cm³/mol. The van der Waals surface area contributed by atoms with Gasteiger partial charge in [-0.1, -0.05) is 26.0 Å². The number of cyclic esters (lactones) is 1. The zero-order valence-corrected chi connectivity index (χ0v) is 11.0. The number of ether oxygens (including phenoxy) is 2. The second-order valence-electron chi connectivity index (χ2n) is 5.34. The third-order valence-electron chi connectivity index (χ3n) is 3.72. The monoisotopic (exact) mass is 258 g/mol. The van der Waals surface area contributed by atoms with E-state index in [-0.39, 0.29) is 11.2 Å². The maximum Gasteiger partial charge on any atom is 0.341 e. The fourth-order valence-corrected chi connectivity index (χ4v) is 2.69. The molecule has 4 heteroatoms. The Morgan fingerprint density at radius 2 is 2.00 bits per heavy atom. The van der Waals surface area contributed by atoms with Crippen molar-refractivity contribution in [3.63, 3.8) is 0 Å². The van der Waals surface area contributed by atoms with Crippen molar-refractivity contribution in [1.82, 2.24) is 0 Å². The van der Waals surface area contributed by atoms with Gasteiger partial charge >= 0.3 is 5.97 Å². The molecule has 1 aromatic carbocycles. The van der Waals surface area contributed by atoms with E-state index in [1.165, 1.54) is 7.11 Å². The standard InChI is InChI=1S/C15H14O4/c1-15(2)7-6-10(16)12-9(15)5-4-8-11(12)14(18-3)19-13(8)17/h4-7,14H,1-3H3/t14-/m1/s1. The van der Waals surface area contributed by atoms with Crippen molar-refractivity contribution in [3.8, 4) is 0 Å². The van der Waals surface area contributed by atoms with Crippen LogP contribution >= 0.6 is 0 Å². The Morgan fingerprint density at radius 1 is 1.26 bits per heavy atom. The van der Waals surface area contributed by atoms with E-state index in [4.69, 9.17) is 9.47 Å². The zero-order chi connectivity index (χ0) is 13.8. The van der Waals surface area contributed by atoms with E-state index >= 15 is 0 Å². The van der Waals surface area contributed by atoms with Crippen LogP contribution < -0.4 is 0 Å². The molecule has 0 fully saturated rings. The van der Waals surface area contributed by atoms with Crippen molar-refractivity contribution in [2.24, 2.45) is 0 Å². The van der Waals surface area contributed by atoms with Crippen LogP contribution in [-0.4, -0.2) is 18.9 Å². The number of methoxy groups -OCH3 is 1. The number of carbonyl (C=O) groups excluding carboxylic acids is 2. The van der Waals surface area contributed by atoms with Crippen LogP contribution in [0.15, 0.2) is 24.3 Å². The minimum atomic E-state index is -0.788. The van der Waals surface area contributed by atoms with Gasteiger partial charge in [0.2, 0.25) is 6.29 Å². The zero-order valence-electron chi connectivity index (χ0n) is 11.0. The highest BCUT2D eigenvalue weighted by Gasteiger charge is 2.39. The van der Waals surface area contributed by atoms with E-state index in [2.05, 4.69) is 0 Å². The molecule has 0 amide bonds. The smallest absolute Gasteiger partial charge is 0.341 e. The third kappa shape index (κ3) is 1.56. The average molecular weight is 258 g/mol. The van der Waals surface area contributed by atoms with Gasteiger partial charge in [0, 0.05) is 23.7 Å². The van der Waals surface area contributed by atoms with Gasteiger partial charge in [0.15, 0.2) is 5.78 Å². The molecule has 2 aliphatic rings. The van der Waals surface area contributed by atoms with Gasteiger partial charge < -0.3 is 9.47 Å². The number of hydrogen-bond acceptors (Lipinski definition) is 4. The number of ketones is 1. The molecule has 0 bridgehead atoms. The van der Waals surface area contributed by atoms with Crippen molar-refractivity contribution >= 4 is 11.8 Å². The Hall–Kier alpha value is -1.94. The van der Waals surface area contributed by atoms with Crippen LogP contribution in [0.4, 0.5) is 0 Å². The summed E-state index contributed by atoms with van der Waals surface area (Å²) in [5.41, 5.74) is 2.18. The van der Waals surface area contributed by atoms with Gasteiger partial charge in [0.25, 0.3) is 0 Å². The first-order valence-electron chi connectivity index (χ1n) is 6.10. The molecule has 0 unspecified atom stereocenters. The summed E-state index contributed by atoms with van der Waals surface area (Å²) in [6.07, 6.45) is 2.64. The number of esters is 1. The van der Waals surface area contributed by atoms with E-state index in [0.717, 1.165) is 5.56 Å². The van der Waals surface area contributed by atoms with E-state index < -0.39 is 12.3 Å². The quantitative estimate of drug-likeness (QED) is 0.726. The maximum absolute atomic E-state index is 12.2. The largest absolute Gasteiger partial charge is 0.428 e. The van der Waals surface area contributed by atoms with Gasteiger partial charge in [-0.15, -0.1) is 0 Å². The molecule has 19 heavy (non-hydrogen) atoms. The molecule has 1 atom stereocenters. The molecule has 0 N–H and O–H groups in total. The maximum atomic E-state index is 12.2. The highest BCUT2D eigenvalue weighted by molar-refractivity contribution is 6.11. The molecule has 0 saturated heterocycles. The Bertz CT molecular complexity index is 625. The Kier molecular flexibility index (Phi) is 2.41. The lowest BCUT2D eigenvalue weighted by molar-refractivity contribution is -0.0818. The van der Waals surface area contributed by atoms with Crippen LogP contribution in [0.2, 0.25) is 0 Å². The van der Waals surface area contributed by atoms with E-state index in [9.17, 15) is 9.59 Å². The average Bonchev–Trinajstić information content (AvgIpc) is 2.71. The SMILES string of the molecule is CO[C@@H]1OC(=O)c2ccc3c(c21)C(=O)C=CC3(C)C. The fraction of sp³-hybridized carbons (Fsp3) is 0.333.